The number of amides is 1. The van der Waals surface area contributed by atoms with Crippen LogP contribution in [0.1, 0.15) is 69.4 Å². The number of nitrogens with one attached hydrogen (secondary N) is 1. The highest BCUT2D eigenvalue weighted by Gasteiger charge is 2.39. The Hall–Kier alpha value is -2.12. The Morgan fingerprint density at radius 1 is 1.30 bits per heavy atom. The number of nitrogens with zero attached hydrogens (tertiary/aromatic N) is 3. The van der Waals surface area contributed by atoms with Crippen LogP contribution in [0.2, 0.25) is 0 Å². The van der Waals surface area contributed by atoms with Gasteiger partial charge < -0.3 is 15.2 Å². The summed E-state index contributed by atoms with van der Waals surface area (Å²) in [6.45, 7) is 9.01. The van der Waals surface area contributed by atoms with Crippen molar-refractivity contribution in [1.29, 1.82) is 0 Å². The van der Waals surface area contributed by atoms with Crippen LogP contribution in [0.3, 0.4) is 0 Å². The third kappa shape index (κ3) is 4.05. The average molecular weight is 415 g/mol. The molecule has 3 heterocycles. The number of carbonyl (C=O) groups excluding carboxylic acids is 1. The molecule has 7 heteroatoms. The summed E-state index contributed by atoms with van der Waals surface area (Å²) >= 11 is 0. The third-order valence-electron chi connectivity index (χ3n) is 6.69. The Morgan fingerprint density at radius 2 is 2.03 bits per heavy atom. The molecule has 164 valence electrons. The fourth-order valence-corrected chi connectivity index (χ4v) is 4.87. The molecule has 30 heavy (non-hydrogen) atoms. The summed E-state index contributed by atoms with van der Waals surface area (Å²) in [6, 6.07) is 6.17. The quantitative estimate of drug-likeness (QED) is 0.725. The van der Waals surface area contributed by atoms with E-state index < -0.39 is 0 Å². The first-order valence-electron chi connectivity index (χ1n) is 11.4. The molecule has 2 fully saturated rings. The first-order chi connectivity index (χ1) is 14.5. The lowest BCUT2D eigenvalue weighted by molar-refractivity contribution is -0.0802. The van der Waals surface area contributed by atoms with E-state index >= 15 is 0 Å². The van der Waals surface area contributed by atoms with Gasteiger partial charge in [-0.25, -0.2) is 0 Å². The number of phenols is 1. The Labute approximate surface area is 178 Å². The van der Waals surface area contributed by atoms with Gasteiger partial charge in [-0.15, -0.1) is 0 Å². The number of ether oxygens (including phenoxy) is 1. The second-order valence-electron chi connectivity index (χ2n) is 8.83. The van der Waals surface area contributed by atoms with Crippen LogP contribution >= 0.6 is 0 Å². The zero-order valence-electron chi connectivity index (χ0n) is 18.3. The summed E-state index contributed by atoms with van der Waals surface area (Å²) in [5.41, 5.74) is 1.28. The molecule has 2 aliphatic heterocycles. The van der Waals surface area contributed by atoms with E-state index in [0.29, 0.717) is 23.2 Å². The Morgan fingerprint density at radius 3 is 2.70 bits per heavy atom. The van der Waals surface area contributed by atoms with E-state index in [1.54, 1.807) is 12.1 Å². The number of morpholine rings is 1. The molecule has 7 nitrogen and oxygen atoms in total. The summed E-state index contributed by atoms with van der Waals surface area (Å²) in [6.07, 6.45) is 5.11. The van der Waals surface area contributed by atoms with E-state index in [1.807, 2.05) is 10.7 Å². The number of hydrogen-bond donors (Lipinski definition) is 2. The van der Waals surface area contributed by atoms with E-state index in [0.717, 1.165) is 44.5 Å². The van der Waals surface area contributed by atoms with Gasteiger partial charge in [0, 0.05) is 29.6 Å². The molecule has 2 N–H and O–H groups in total. The van der Waals surface area contributed by atoms with Crippen molar-refractivity contribution >= 4 is 16.8 Å². The monoisotopic (exact) mass is 414 g/mol. The fourth-order valence-electron chi connectivity index (χ4n) is 4.87. The maximum absolute atomic E-state index is 13.2. The molecule has 1 aromatic carbocycles. The second-order valence-corrected chi connectivity index (χ2v) is 8.83. The number of hydrogen-bond acceptors (Lipinski definition) is 5. The van der Waals surface area contributed by atoms with Gasteiger partial charge in [0.05, 0.1) is 18.7 Å². The van der Waals surface area contributed by atoms with Crippen LogP contribution in [-0.4, -0.2) is 63.6 Å². The van der Waals surface area contributed by atoms with Crippen molar-refractivity contribution < 1.29 is 14.6 Å². The lowest BCUT2D eigenvalue weighted by Crippen LogP contribution is -2.60. The van der Waals surface area contributed by atoms with Crippen LogP contribution in [0.25, 0.3) is 10.9 Å². The number of piperidine rings is 1. The van der Waals surface area contributed by atoms with Crippen molar-refractivity contribution in [2.24, 2.45) is 0 Å². The smallest absolute Gasteiger partial charge is 0.272 e. The van der Waals surface area contributed by atoms with Gasteiger partial charge in [0.2, 0.25) is 0 Å². The van der Waals surface area contributed by atoms with Gasteiger partial charge in [-0.3, -0.25) is 14.4 Å². The molecule has 0 spiro atoms. The van der Waals surface area contributed by atoms with E-state index in [1.165, 1.54) is 12.8 Å². The lowest BCUT2D eigenvalue weighted by Gasteiger charge is -2.48. The number of carbonyl (C=O) groups is 1. The number of phenolic OH excluding ortho intramolecular Hbond substituents is 1. The number of benzene rings is 1. The van der Waals surface area contributed by atoms with Crippen molar-refractivity contribution in [3.8, 4) is 5.75 Å². The van der Waals surface area contributed by atoms with Crippen LogP contribution < -0.4 is 5.32 Å². The highest BCUT2D eigenvalue weighted by atomic mass is 16.5. The molecule has 2 aliphatic rings. The Balaban J connectivity index is 1.53. The molecule has 2 bridgehead atoms. The SMILES string of the molecule is CCCCN1[C@@H]2COC[C@H]1C[C@@H](NC(=O)c1nn(C(C)CC)c3ccc(O)cc13)C2. The van der Waals surface area contributed by atoms with Gasteiger partial charge in [-0.1, -0.05) is 20.3 Å². The minimum atomic E-state index is -0.154. The van der Waals surface area contributed by atoms with Gasteiger partial charge in [-0.2, -0.15) is 5.10 Å². The summed E-state index contributed by atoms with van der Waals surface area (Å²) in [4.78, 5) is 15.8. The van der Waals surface area contributed by atoms with Crippen molar-refractivity contribution in [1.82, 2.24) is 20.0 Å². The van der Waals surface area contributed by atoms with E-state index in [2.05, 4.69) is 36.1 Å². The molecular weight excluding hydrogens is 380 g/mol. The van der Waals surface area contributed by atoms with Crippen LogP contribution in [0.5, 0.6) is 5.75 Å². The molecule has 4 rings (SSSR count). The van der Waals surface area contributed by atoms with Gasteiger partial charge >= 0.3 is 0 Å². The highest BCUT2D eigenvalue weighted by Crippen LogP contribution is 2.30. The van der Waals surface area contributed by atoms with Gasteiger partial charge in [0.15, 0.2) is 5.69 Å². The van der Waals surface area contributed by atoms with Gasteiger partial charge in [-0.05, 0) is 57.4 Å². The fraction of sp³-hybridized carbons (Fsp3) is 0.652. The van der Waals surface area contributed by atoms with E-state index in [4.69, 9.17) is 4.74 Å². The molecule has 0 saturated carbocycles. The maximum atomic E-state index is 13.2. The zero-order valence-corrected chi connectivity index (χ0v) is 18.3. The van der Waals surface area contributed by atoms with E-state index in [-0.39, 0.29) is 23.7 Å². The number of fused-ring (bicyclic) bond motifs is 3. The summed E-state index contributed by atoms with van der Waals surface area (Å²) in [5.74, 6) is -0.00480. The Kier molecular flexibility index (Phi) is 6.29. The average Bonchev–Trinajstić information content (AvgIpc) is 3.10. The predicted octanol–water partition coefficient (Wildman–Crippen LogP) is 3.47. The second kappa shape index (κ2) is 8.94. The van der Waals surface area contributed by atoms with Crippen LogP contribution in [-0.2, 0) is 4.74 Å². The van der Waals surface area contributed by atoms with Crippen molar-refractivity contribution in [2.75, 3.05) is 19.8 Å². The third-order valence-corrected chi connectivity index (χ3v) is 6.69. The number of unbranched alkanes of at least 4 members (excludes halogenated alkanes) is 1. The Bertz CT molecular complexity index is 882. The van der Waals surface area contributed by atoms with Gasteiger partial charge in [0.1, 0.15) is 5.75 Å². The molecule has 2 saturated heterocycles. The van der Waals surface area contributed by atoms with Crippen molar-refractivity contribution in [2.45, 2.75) is 77.0 Å². The largest absolute Gasteiger partial charge is 0.508 e. The topological polar surface area (TPSA) is 79.6 Å². The molecule has 4 atom stereocenters. The standard InChI is InChI=1S/C23H34N4O3/c1-4-6-9-26-17-10-16(11-18(26)14-30-13-17)24-23(29)22-20-12-19(28)7-8-21(20)27(25-22)15(3)5-2/h7-8,12,15-18,28H,4-6,9-11,13-14H2,1-3H3,(H,24,29)/t15?,16-,17-,18+. The molecule has 0 radical (unpaired) electrons. The number of aromatic hydroxyl groups is 1. The summed E-state index contributed by atoms with van der Waals surface area (Å²) < 4.78 is 7.70. The van der Waals surface area contributed by atoms with Gasteiger partial charge in [0.25, 0.3) is 5.91 Å². The van der Waals surface area contributed by atoms with Crippen molar-refractivity contribution in [3.05, 3.63) is 23.9 Å². The first kappa shape index (κ1) is 21.1. The zero-order chi connectivity index (χ0) is 21.3. The minimum Gasteiger partial charge on any atom is -0.508 e. The highest BCUT2D eigenvalue weighted by molar-refractivity contribution is 6.05. The summed E-state index contributed by atoms with van der Waals surface area (Å²) in [5, 5.41) is 18.6. The minimum absolute atomic E-state index is 0.121. The number of rotatable bonds is 7. The summed E-state index contributed by atoms with van der Waals surface area (Å²) in [7, 11) is 0. The van der Waals surface area contributed by atoms with Crippen molar-refractivity contribution in [3.63, 3.8) is 0 Å². The molecule has 2 aromatic rings. The normalized spacial score (nSPS) is 25.4. The maximum Gasteiger partial charge on any atom is 0.272 e. The lowest BCUT2D eigenvalue weighted by atomic mass is 9.89. The molecular formula is C23H34N4O3. The first-order valence-corrected chi connectivity index (χ1v) is 11.4. The molecule has 0 aliphatic carbocycles. The predicted molar refractivity (Wildman–Crippen MR) is 117 cm³/mol. The molecule has 1 aromatic heterocycles. The van der Waals surface area contributed by atoms with Crippen LogP contribution in [0.4, 0.5) is 0 Å². The molecule has 1 unspecified atom stereocenters. The van der Waals surface area contributed by atoms with E-state index in [9.17, 15) is 9.90 Å². The van der Waals surface area contributed by atoms with Crippen LogP contribution in [0, 0.1) is 0 Å². The number of aromatic nitrogens is 2. The van der Waals surface area contributed by atoms with Crippen LogP contribution in [0.15, 0.2) is 18.2 Å². The molecule has 1 amide bonds.